The lowest BCUT2D eigenvalue weighted by atomic mass is 10.2. The van der Waals surface area contributed by atoms with Crippen LogP contribution in [0.15, 0.2) is 10.7 Å². The highest BCUT2D eigenvalue weighted by Gasteiger charge is 2.20. The van der Waals surface area contributed by atoms with Crippen LogP contribution in [0.3, 0.4) is 0 Å². The normalized spacial score (nSPS) is 14.1. The summed E-state index contributed by atoms with van der Waals surface area (Å²) in [5.41, 5.74) is 5.86. The fourth-order valence-corrected chi connectivity index (χ4v) is 1.60. The van der Waals surface area contributed by atoms with Crippen molar-refractivity contribution in [2.24, 2.45) is 5.73 Å². The molecule has 0 saturated carbocycles. The summed E-state index contributed by atoms with van der Waals surface area (Å²) in [4.78, 5) is 15.7. The van der Waals surface area contributed by atoms with Gasteiger partial charge in [-0.1, -0.05) is 26.2 Å². The van der Waals surface area contributed by atoms with Gasteiger partial charge < -0.3 is 20.6 Å². The first-order chi connectivity index (χ1) is 9.06. The van der Waals surface area contributed by atoms with Gasteiger partial charge in [0.15, 0.2) is 5.69 Å². The van der Waals surface area contributed by atoms with Crippen LogP contribution in [0.5, 0.6) is 0 Å². The lowest BCUT2D eigenvalue weighted by Gasteiger charge is -2.09. The fourth-order valence-electron chi connectivity index (χ4n) is 1.60. The summed E-state index contributed by atoms with van der Waals surface area (Å²) in [6, 6.07) is -0.717. The second-order valence-corrected chi connectivity index (χ2v) is 4.65. The number of aliphatic hydroxyl groups is 1. The molecule has 0 aliphatic heterocycles. The first-order valence-electron chi connectivity index (χ1n) is 6.73. The maximum atomic E-state index is 11.7. The van der Waals surface area contributed by atoms with E-state index in [1.165, 1.54) is 12.7 Å². The van der Waals surface area contributed by atoms with E-state index in [1.54, 1.807) is 6.92 Å². The second-order valence-electron chi connectivity index (χ2n) is 4.65. The van der Waals surface area contributed by atoms with E-state index in [9.17, 15) is 9.90 Å². The lowest BCUT2D eigenvalue weighted by Crippen LogP contribution is -2.26. The Morgan fingerprint density at radius 1 is 1.53 bits per heavy atom. The van der Waals surface area contributed by atoms with Crippen LogP contribution in [0.4, 0.5) is 0 Å². The molecular formula is C13H23N3O3. The van der Waals surface area contributed by atoms with Gasteiger partial charge in [-0.05, 0) is 13.3 Å². The molecule has 1 heterocycles. The van der Waals surface area contributed by atoms with Gasteiger partial charge in [-0.2, -0.15) is 0 Å². The molecule has 1 aromatic heterocycles. The number of oxazole rings is 1. The minimum absolute atomic E-state index is 0.172. The summed E-state index contributed by atoms with van der Waals surface area (Å²) in [5, 5.41) is 12.1. The van der Waals surface area contributed by atoms with E-state index in [0.717, 1.165) is 19.3 Å². The molecule has 1 rings (SSSR count). The minimum Gasteiger partial charge on any atom is -0.446 e. The molecule has 6 heteroatoms. The minimum atomic E-state index is -0.774. The molecule has 0 fully saturated rings. The zero-order chi connectivity index (χ0) is 14.3. The highest BCUT2D eigenvalue weighted by Crippen LogP contribution is 2.13. The van der Waals surface area contributed by atoms with Gasteiger partial charge in [-0.25, -0.2) is 4.98 Å². The van der Waals surface area contributed by atoms with Gasteiger partial charge in [0.1, 0.15) is 12.3 Å². The Morgan fingerprint density at radius 2 is 2.26 bits per heavy atom. The van der Waals surface area contributed by atoms with Gasteiger partial charge in [0.2, 0.25) is 5.89 Å². The number of hydrogen-bond donors (Lipinski definition) is 3. The van der Waals surface area contributed by atoms with Crippen LogP contribution in [0, 0.1) is 0 Å². The van der Waals surface area contributed by atoms with Crippen LogP contribution in [0.1, 0.15) is 62.0 Å². The van der Waals surface area contributed by atoms with E-state index in [-0.39, 0.29) is 17.5 Å². The number of hydrogen-bond acceptors (Lipinski definition) is 5. The fraction of sp³-hybridized carbons (Fsp3) is 0.692. The van der Waals surface area contributed by atoms with Crippen molar-refractivity contribution in [2.75, 3.05) is 6.54 Å². The highest BCUT2D eigenvalue weighted by molar-refractivity contribution is 5.91. The number of carbonyl (C=O) groups is 1. The Kier molecular flexibility index (Phi) is 6.52. The number of amides is 1. The molecule has 1 aromatic rings. The molecule has 0 aliphatic carbocycles. The number of rotatable bonds is 8. The maximum absolute atomic E-state index is 11.7. The van der Waals surface area contributed by atoms with Crippen LogP contribution < -0.4 is 11.1 Å². The predicted molar refractivity (Wildman–Crippen MR) is 71.6 cm³/mol. The average Bonchev–Trinajstić information content (AvgIpc) is 2.86. The molecule has 4 N–H and O–H groups in total. The predicted octanol–water partition coefficient (Wildman–Crippen LogP) is 1.37. The number of nitrogens with zero attached hydrogens (tertiary/aromatic N) is 1. The van der Waals surface area contributed by atoms with Crippen molar-refractivity contribution in [2.45, 2.75) is 51.7 Å². The second kappa shape index (κ2) is 7.91. The topological polar surface area (TPSA) is 101 Å². The van der Waals surface area contributed by atoms with Crippen LogP contribution in [0.25, 0.3) is 0 Å². The van der Waals surface area contributed by atoms with Gasteiger partial charge in [0, 0.05) is 6.54 Å². The molecule has 19 heavy (non-hydrogen) atoms. The number of unbranched alkanes of at least 4 members (excludes halogenated alkanes) is 3. The molecule has 0 radical (unpaired) electrons. The third kappa shape index (κ3) is 5.00. The summed E-state index contributed by atoms with van der Waals surface area (Å²) >= 11 is 0. The Morgan fingerprint density at radius 3 is 2.89 bits per heavy atom. The van der Waals surface area contributed by atoms with Crippen LogP contribution in [-0.2, 0) is 0 Å². The van der Waals surface area contributed by atoms with Gasteiger partial charge in [-0.3, -0.25) is 4.79 Å². The van der Waals surface area contributed by atoms with Crippen LogP contribution >= 0.6 is 0 Å². The number of aromatic nitrogens is 1. The largest absolute Gasteiger partial charge is 0.446 e. The van der Waals surface area contributed by atoms with Crippen molar-refractivity contribution in [1.29, 1.82) is 0 Å². The van der Waals surface area contributed by atoms with Crippen LogP contribution in [-0.4, -0.2) is 28.6 Å². The van der Waals surface area contributed by atoms with E-state index in [4.69, 9.17) is 10.2 Å². The molecule has 6 nitrogen and oxygen atoms in total. The standard InChI is InChI=1S/C13H23N3O3/c1-3-4-5-6-7-15-12(18)10-8-19-13(16-10)11(14)9(2)17/h8-9,11,17H,3-7,14H2,1-2H3,(H,15,18). The molecule has 1 amide bonds. The Balaban J connectivity index is 2.41. The van der Waals surface area contributed by atoms with Gasteiger partial charge >= 0.3 is 0 Å². The summed E-state index contributed by atoms with van der Waals surface area (Å²) in [6.07, 6.45) is 4.89. The monoisotopic (exact) mass is 269 g/mol. The Hall–Kier alpha value is -1.40. The van der Waals surface area contributed by atoms with E-state index >= 15 is 0 Å². The summed E-state index contributed by atoms with van der Waals surface area (Å²) in [6.45, 7) is 4.31. The van der Waals surface area contributed by atoms with Crippen molar-refractivity contribution in [3.8, 4) is 0 Å². The SMILES string of the molecule is CCCCCCNC(=O)c1coc(C(N)C(C)O)n1. The quantitative estimate of drug-likeness (QED) is 0.619. The molecule has 2 atom stereocenters. The third-order valence-electron chi connectivity index (χ3n) is 2.88. The van der Waals surface area contributed by atoms with Gasteiger partial charge in [0.05, 0.1) is 6.10 Å². The zero-order valence-corrected chi connectivity index (χ0v) is 11.6. The van der Waals surface area contributed by atoms with Crippen molar-refractivity contribution >= 4 is 5.91 Å². The van der Waals surface area contributed by atoms with Gasteiger partial charge in [0.25, 0.3) is 5.91 Å². The third-order valence-corrected chi connectivity index (χ3v) is 2.88. The molecule has 108 valence electrons. The van der Waals surface area contributed by atoms with Crippen molar-refractivity contribution in [3.63, 3.8) is 0 Å². The summed E-state index contributed by atoms with van der Waals surface area (Å²) < 4.78 is 5.10. The lowest BCUT2D eigenvalue weighted by molar-refractivity contribution is 0.0947. The Bertz CT molecular complexity index is 390. The number of nitrogens with one attached hydrogen (secondary N) is 1. The first-order valence-corrected chi connectivity index (χ1v) is 6.73. The Labute approximate surface area is 113 Å². The summed E-state index contributed by atoms with van der Waals surface area (Å²) in [5.74, 6) is -0.101. The zero-order valence-electron chi connectivity index (χ0n) is 11.6. The van der Waals surface area contributed by atoms with E-state index in [2.05, 4.69) is 17.2 Å². The molecule has 0 saturated heterocycles. The number of nitrogens with two attached hydrogens (primary N) is 1. The van der Waals surface area contributed by atoms with Crippen molar-refractivity contribution < 1.29 is 14.3 Å². The number of carbonyl (C=O) groups excluding carboxylic acids is 1. The first kappa shape index (κ1) is 15.7. The van der Waals surface area contributed by atoms with E-state index in [1.807, 2.05) is 0 Å². The molecular weight excluding hydrogens is 246 g/mol. The van der Waals surface area contributed by atoms with Gasteiger partial charge in [-0.15, -0.1) is 0 Å². The maximum Gasteiger partial charge on any atom is 0.273 e. The van der Waals surface area contributed by atoms with Crippen molar-refractivity contribution in [3.05, 3.63) is 17.8 Å². The van der Waals surface area contributed by atoms with E-state index in [0.29, 0.717) is 6.54 Å². The van der Waals surface area contributed by atoms with E-state index < -0.39 is 12.1 Å². The number of aliphatic hydroxyl groups excluding tert-OH is 1. The smallest absolute Gasteiger partial charge is 0.273 e. The highest BCUT2D eigenvalue weighted by atomic mass is 16.3. The molecule has 0 aliphatic rings. The molecule has 2 unspecified atom stereocenters. The average molecular weight is 269 g/mol. The van der Waals surface area contributed by atoms with Crippen molar-refractivity contribution in [1.82, 2.24) is 10.3 Å². The molecule has 0 aromatic carbocycles. The summed E-state index contributed by atoms with van der Waals surface area (Å²) in [7, 11) is 0. The molecule has 0 bridgehead atoms. The molecule has 0 spiro atoms. The van der Waals surface area contributed by atoms with Crippen LogP contribution in [0.2, 0.25) is 0 Å².